The number of nitrogens with zero attached hydrogens (tertiary/aromatic N) is 5. The first kappa shape index (κ1) is 18.4. The average Bonchev–Trinajstić information content (AvgIpc) is 2.98. The monoisotopic (exact) mass is 367 g/mol. The lowest BCUT2D eigenvalue weighted by molar-refractivity contribution is -0.391. The summed E-state index contributed by atoms with van der Waals surface area (Å²) in [4.78, 5) is 16.8. The van der Waals surface area contributed by atoms with E-state index in [-0.39, 0.29) is 11.5 Å². The van der Waals surface area contributed by atoms with Crippen LogP contribution < -0.4 is 5.49 Å². The van der Waals surface area contributed by atoms with Crippen molar-refractivity contribution in [2.24, 2.45) is 4.99 Å². The molecule has 0 saturated carbocycles. The van der Waals surface area contributed by atoms with Crippen LogP contribution in [0.25, 0.3) is 5.69 Å². The molecule has 0 radical (unpaired) electrons. The first-order valence-corrected chi connectivity index (χ1v) is 8.66. The molecule has 8 nitrogen and oxygen atoms in total. The first-order valence-electron chi connectivity index (χ1n) is 8.66. The molecule has 3 rings (SSSR count). The number of hydrogen-bond acceptors (Lipinski definition) is 5. The maximum absolute atomic E-state index is 11.4. The van der Waals surface area contributed by atoms with E-state index >= 15 is 0 Å². The number of hydrogen-bond donors (Lipinski definition) is 1. The lowest BCUT2D eigenvalue weighted by atomic mass is 10.1. The Labute approximate surface area is 156 Å². The molecule has 0 amide bonds. The third-order valence-corrected chi connectivity index (χ3v) is 4.20. The average molecular weight is 367 g/mol. The molecule has 0 spiro atoms. The zero-order valence-corrected chi connectivity index (χ0v) is 15.2. The minimum atomic E-state index is -0.637. The molecule has 1 heterocycles. The van der Waals surface area contributed by atoms with Crippen LogP contribution in [-0.2, 0) is 6.42 Å². The van der Waals surface area contributed by atoms with E-state index in [1.165, 1.54) is 5.56 Å². The van der Waals surface area contributed by atoms with Crippen molar-refractivity contribution in [3.8, 4) is 5.69 Å². The predicted molar refractivity (Wildman–Crippen MR) is 99.9 cm³/mol. The van der Waals surface area contributed by atoms with Gasteiger partial charge in [0.1, 0.15) is 5.69 Å². The molecule has 2 aromatic carbocycles. The van der Waals surface area contributed by atoms with E-state index in [0.717, 1.165) is 16.8 Å². The van der Waals surface area contributed by atoms with Crippen molar-refractivity contribution in [3.05, 3.63) is 81.3 Å². The zero-order chi connectivity index (χ0) is 19.4. The second-order valence-corrected chi connectivity index (χ2v) is 6.42. The Morgan fingerprint density at radius 3 is 2.63 bits per heavy atom. The van der Waals surface area contributed by atoms with Gasteiger partial charge in [0.2, 0.25) is 0 Å². The van der Waals surface area contributed by atoms with Crippen LogP contribution >= 0.6 is 0 Å². The second kappa shape index (κ2) is 7.86. The number of aryl methyl sites for hydroxylation is 2. The fourth-order valence-corrected chi connectivity index (χ4v) is 2.80. The molecule has 0 unspecified atom stereocenters. The van der Waals surface area contributed by atoms with E-state index in [1.54, 1.807) is 18.2 Å². The summed E-state index contributed by atoms with van der Waals surface area (Å²) in [7, 11) is 0. The molecule has 8 heteroatoms. The van der Waals surface area contributed by atoms with Crippen LogP contribution in [0.5, 0.6) is 0 Å². The van der Waals surface area contributed by atoms with Crippen molar-refractivity contribution in [3.63, 3.8) is 0 Å². The molecule has 1 N–H and O–H groups in total. The van der Waals surface area contributed by atoms with Gasteiger partial charge in [-0.1, -0.05) is 47.3 Å². The van der Waals surface area contributed by atoms with Gasteiger partial charge in [-0.2, -0.15) is 0 Å². The van der Waals surface area contributed by atoms with E-state index < -0.39 is 10.7 Å². The Balaban J connectivity index is 1.93. The molecule has 0 aliphatic rings. The van der Waals surface area contributed by atoms with Crippen LogP contribution in [0.1, 0.15) is 24.5 Å². The standard InChI is InChI=1S/C19H21N5O3/c1-14-7-6-10-17(13-14)22-21-19(24(26)27)18(23(22)25)20-15(2)11-12-16-8-4-3-5-9-16/h3-10,13,15,25H,11-12H2,1-2H3/t15-/m0/s1. The van der Waals surface area contributed by atoms with Gasteiger partial charge in [-0.25, -0.2) is 0 Å². The van der Waals surface area contributed by atoms with Gasteiger partial charge in [-0.15, -0.1) is 0 Å². The largest absolute Gasteiger partial charge is 0.438 e. The van der Waals surface area contributed by atoms with Gasteiger partial charge < -0.3 is 15.3 Å². The highest BCUT2D eigenvalue weighted by atomic mass is 16.6. The molecule has 1 aromatic heterocycles. The normalized spacial score (nSPS) is 12.9. The number of nitro groups is 1. The highest BCUT2D eigenvalue weighted by molar-refractivity contribution is 5.34. The van der Waals surface area contributed by atoms with Gasteiger partial charge in [0.25, 0.3) is 5.49 Å². The van der Waals surface area contributed by atoms with Crippen LogP contribution in [0.3, 0.4) is 0 Å². The summed E-state index contributed by atoms with van der Waals surface area (Å²) in [5, 5.41) is 25.8. The van der Waals surface area contributed by atoms with Gasteiger partial charge in [0.05, 0.1) is 11.1 Å². The second-order valence-electron chi connectivity index (χ2n) is 6.42. The van der Waals surface area contributed by atoms with Gasteiger partial charge in [0, 0.05) is 0 Å². The Morgan fingerprint density at radius 1 is 1.22 bits per heavy atom. The van der Waals surface area contributed by atoms with Crippen LogP contribution in [0.2, 0.25) is 0 Å². The quantitative estimate of drug-likeness (QED) is 0.411. The van der Waals surface area contributed by atoms with Crippen LogP contribution in [0.15, 0.2) is 59.6 Å². The van der Waals surface area contributed by atoms with Crippen molar-refractivity contribution >= 4 is 5.82 Å². The third kappa shape index (κ3) is 4.22. The van der Waals surface area contributed by atoms with Crippen molar-refractivity contribution < 1.29 is 10.1 Å². The highest BCUT2D eigenvalue weighted by Crippen LogP contribution is 2.11. The van der Waals surface area contributed by atoms with E-state index in [2.05, 4.69) is 10.1 Å². The van der Waals surface area contributed by atoms with Gasteiger partial charge in [-0.05, 0) is 59.7 Å². The maximum atomic E-state index is 11.4. The summed E-state index contributed by atoms with van der Waals surface area (Å²) in [6.45, 7) is 3.75. The molecule has 140 valence electrons. The number of rotatable bonds is 6. The Morgan fingerprint density at radius 2 is 1.96 bits per heavy atom. The van der Waals surface area contributed by atoms with Crippen molar-refractivity contribution in [2.75, 3.05) is 0 Å². The summed E-state index contributed by atoms with van der Waals surface area (Å²) in [5.41, 5.74) is 2.46. The topological polar surface area (TPSA) is 98.5 Å². The van der Waals surface area contributed by atoms with Gasteiger partial charge >= 0.3 is 5.82 Å². The molecule has 1 atom stereocenters. The summed E-state index contributed by atoms with van der Waals surface area (Å²) in [6, 6.07) is 16.9. The highest BCUT2D eigenvalue weighted by Gasteiger charge is 2.24. The molecule has 27 heavy (non-hydrogen) atoms. The lowest BCUT2D eigenvalue weighted by Gasteiger charge is -2.06. The fraction of sp³-hybridized carbons (Fsp3) is 0.263. The van der Waals surface area contributed by atoms with Crippen molar-refractivity contribution in [1.82, 2.24) is 14.7 Å². The molecular formula is C19H21N5O3. The zero-order valence-electron chi connectivity index (χ0n) is 15.2. The fourth-order valence-electron chi connectivity index (χ4n) is 2.80. The SMILES string of the molecule is Cc1cccc(-n2nc([N+](=O)[O-])c(=N[C@@H](C)CCc3ccccc3)n2O)c1. The molecule has 0 aliphatic heterocycles. The summed E-state index contributed by atoms with van der Waals surface area (Å²) >= 11 is 0. The minimum Gasteiger partial charge on any atom is -0.409 e. The number of aromatic nitrogens is 3. The maximum Gasteiger partial charge on any atom is 0.438 e. The van der Waals surface area contributed by atoms with E-state index in [0.29, 0.717) is 17.0 Å². The third-order valence-electron chi connectivity index (χ3n) is 4.20. The van der Waals surface area contributed by atoms with E-state index in [9.17, 15) is 15.3 Å². The molecular weight excluding hydrogens is 346 g/mol. The molecule has 0 saturated heterocycles. The van der Waals surface area contributed by atoms with Crippen LogP contribution in [0, 0.1) is 17.0 Å². The van der Waals surface area contributed by atoms with Crippen LogP contribution in [-0.4, -0.2) is 30.9 Å². The lowest BCUT2D eigenvalue weighted by Crippen LogP contribution is -2.24. The number of benzene rings is 2. The van der Waals surface area contributed by atoms with Crippen LogP contribution in [0.4, 0.5) is 5.82 Å². The summed E-state index contributed by atoms with van der Waals surface area (Å²) in [5.74, 6) is -0.481. The molecule has 0 fully saturated rings. The Hall–Kier alpha value is -3.42. The molecule has 0 bridgehead atoms. The summed E-state index contributed by atoms with van der Waals surface area (Å²) < 4.78 is 0. The van der Waals surface area contributed by atoms with Gasteiger partial charge in [-0.3, -0.25) is 4.99 Å². The first-order chi connectivity index (χ1) is 13.0. The Kier molecular flexibility index (Phi) is 5.35. The predicted octanol–water partition coefficient (Wildman–Crippen LogP) is 3.05. The molecule has 3 aromatic rings. The van der Waals surface area contributed by atoms with Crippen molar-refractivity contribution in [1.29, 1.82) is 0 Å². The van der Waals surface area contributed by atoms with E-state index in [1.807, 2.05) is 50.2 Å². The smallest absolute Gasteiger partial charge is 0.409 e. The van der Waals surface area contributed by atoms with Gasteiger partial charge in [0.15, 0.2) is 0 Å². The van der Waals surface area contributed by atoms with Crippen molar-refractivity contribution in [2.45, 2.75) is 32.7 Å². The minimum absolute atomic E-state index is 0.165. The summed E-state index contributed by atoms with van der Waals surface area (Å²) in [6.07, 6.45) is 1.48. The van der Waals surface area contributed by atoms with E-state index in [4.69, 9.17) is 0 Å². The molecule has 0 aliphatic carbocycles. The Bertz CT molecular complexity index is 1010.